The molecule has 2 bridgehead atoms. The standard InChI is InChI=1S/C39H48N2O5/c1-5-18-44-37(43)40-22-31-8-6-7-9-34(31)28-14-16-30(17-15-28)36-45-33(19-35(46-36)29-12-10-27(24-42)11-13-29)23-41-26-39(4)21-32(41)20-38(2,3)25-39/h5-17,32-33,35-36,42H,1,18-26H2,2-4H3,(H,40,43)/t32?,33-,35+,36+,39?/m1/s1. The Bertz CT molecular complexity index is 1500. The van der Waals surface area contributed by atoms with Crippen LogP contribution in [0.5, 0.6) is 0 Å². The number of hydrogen-bond donors (Lipinski definition) is 2. The average molecular weight is 625 g/mol. The minimum atomic E-state index is -0.499. The van der Waals surface area contributed by atoms with Crippen molar-refractivity contribution in [2.45, 2.75) is 84.1 Å². The maximum absolute atomic E-state index is 12.0. The third kappa shape index (κ3) is 7.55. The van der Waals surface area contributed by atoms with Gasteiger partial charge in [0, 0.05) is 37.7 Å². The molecule has 2 heterocycles. The van der Waals surface area contributed by atoms with Gasteiger partial charge in [-0.1, -0.05) is 106 Å². The van der Waals surface area contributed by atoms with E-state index >= 15 is 0 Å². The van der Waals surface area contributed by atoms with Crippen LogP contribution in [-0.2, 0) is 27.4 Å². The summed E-state index contributed by atoms with van der Waals surface area (Å²) >= 11 is 0. The lowest BCUT2D eigenvalue weighted by Crippen LogP contribution is -2.42. The van der Waals surface area contributed by atoms with Gasteiger partial charge in [-0.25, -0.2) is 4.79 Å². The van der Waals surface area contributed by atoms with Gasteiger partial charge in [0.05, 0.1) is 18.8 Å². The highest BCUT2D eigenvalue weighted by molar-refractivity contribution is 5.70. The quantitative estimate of drug-likeness (QED) is 0.225. The first-order valence-electron chi connectivity index (χ1n) is 16.6. The number of nitrogens with zero attached hydrogens (tertiary/aromatic N) is 1. The summed E-state index contributed by atoms with van der Waals surface area (Å²) in [6.45, 7) is 13.5. The first-order valence-corrected chi connectivity index (χ1v) is 16.6. The summed E-state index contributed by atoms with van der Waals surface area (Å²) in [5.41, 5.74) is 6.79. The first-order chi connectivity index (χ1) is 22.1. The molecule has 0 radical (unpaired) electrons. The van der Waals surface area contributed by atoms with Crippen LogP contribution in [0.3, 0.4) is 0 Å². The van der Waals surface area contributed by atoms with Crippen LogP contribution < -0.4 is 5.32 Å². The summed E-state index contributed by atoms with van der Waals surface area (Å²) in [7, 11) is 0. The summed E-state index contributed by atoms with van der Waals surface area (Å²) in [6, 6.07) is 25.1. The number of aliphatic hydroxyl groups excluding tert-OH is 1. The van der Waals surface area contributed by atoms with Crippen molar-refractivity contribution in [3.05, 3.63) is 108 Å². The molecule has 1 saturated carbocycles. The molecule has 46 heavy (non-hydrogen) atoms. The smallest absolute Gasteiger partial charge is 0.407 e. The maximum Gasteiger partial charge on any atom is 0.407 e. The van der Waals surface area contributed by atoms with Gasteiger partial charge in [-0.3, -0.25) is 4.90 Å². The van der Waals surface area contributed by atoms with E-state index in [0.717, 1.165) is 52.9 Å². The van der Waals surface area contributed by atoms with Gasteiger partial charge < -0.3 is 24.6 Å². The molecule has 0 aromatic heterocycles. The van der Waals surface area contributed by atoms with Crippen molar-refractivity contribution in [2.24, 2.45) is 10.8 Å². The van der Waals surface area contributed by atoms with E-state index in [4.69, 9.17) is 14.2 Å². The molecule has 2 saturated heterocycles. The second kappa shape index (κ2) is 13.7. The number of benzene rings is 3. The van der Waals surface area contributed by atoms with Crippen molar-refractivity contribution >= 4 is 6.09 Å². The molecule has 2 aliphatic heterocycles. The Kier molecular flexibility index (Phi) is 9.67. The van der Waals surface area contributed by atoms with Crippen LogP contribution in [0.15, 0.2) is 85.5 Å². The van der Waals surface area contributed by atoms with Crippen molar-refractivity contribution in [1.29, 1.82) is 0 Å². The van der Waals surface area contributed by atoms with Crippen LogP contribution in [0, 0.1) is 10.8 Å². The van der Waals surface area contributed by atoms with E-state index in [-0.39, 0.29) is 25.4 Å². The zero-order valence-electron chi connectivity index (χ0n) is 27.4. The highest BCUT2D eigenvalue weighted by Gasteiger charge is 2.50. The monoisotopic (exact) mass is 624 g/mol. The van der Waals surface area contributed by atoms with E-state index in [1.54, 1.807) is 6.08 Å². The van der Waals surface area contributed by atoms with Crippen molar-refractivity contribution in [3.63, 3.8) is 0 Å². The molecule has 3 aliphatic rings. The third-order valence-corrected chi connectivity index (χ3v) is 9.84. The molecule has 3 aromatic carbocycles. The fraction of sp³-hybridized carbons (Fsp3) is 0.462. The van der Waals surface area contributed by atoms with E-state index in [1.165, 1.54) is 19.3 Å². The summed E-state index contributed by atoms with van der Waals surface area (Å²) < 4.78 is 18.5. The van der Waals surface area contributed by atoms with Crippen LogP contribution in [0.2, 0.25) is 0 Å². The summed E-state index contributed by atoms with van der Waals surface area (Å²) in [5, 5.41) is 12.4. The summed E-state index contributed by atoms with van der Waals surface area (Å²) in [5.74, 6) is 0. The van der Waals surface area contributed by atoms with Crippen molar-refractivity contribution in [2.75, 3.05) is 19.7 Å². The van der Waals surface area contributed by atoms with Crippen molar-refractivity contribution in [1.82, 2.24) is 10.2 Å². The van der Waals surface area contributed by atoms with E-state index in [9.17, 15) is 9.90 Å². The Morgan fingerprint density at radius 1 is 1.02 bits per heavy atom. The Morgan fingerprint density at radius 2 is 1.76 bits per heavy atom. The number of nitrogens with one attached hydrogen (secondary N) is 1. The van der Waals surface area contributed by atoms with Crippen LogP contribution >= 0.6 is 0 Å². The molecule has 7 nitrogen and oxygen atoms in total. The van der Waals surface area contributed by atoms with Gasteiger partial charge in [-0.2, -0.15) is 0 Å². The Morgan fingerprint density at radius 3 is 2.50 bits per heavy atom. The van der Waals surface area contributed by atoms with Crippen LogP contribution in [0.25, 0.3) is 11.1 Å². The third-order valence-electron chi connectivity index (χ3n) is 9.84. The fourth-order valence-corrected chi connectivity index (χ4v) is 8.21. The largest absolute Gasteiger partial charge is 0.445 e. The number of ether oxygens (including phenoxy) is 3. The average Bonchev–Trinajstić information content (AvgIpc) is 3.29. The number of carbonyl (C=O) groups excluding carboxylic acids is 1. The van der Waals surface area contributed by atoms with Crippen LogP contribution in [0.1, 0.15) is 81.1 Å². The highest BCUT2D eigenvalue weighted by Crippen LogP contribution is 2.53. The topological polar surface area (TPSA) is 80.3 Å². The number of amides is 1. The van der Waals surface area contributed by atoms with Gasteiger partial charge in [0.15, 0.2) is 6.29 Å². The first kappa shape index (κ1) is 32.5. The molecular weight excluding hydrogens is 576 g/mol. The second-order valence-corrected chi connectivity index (χ2v) is 14.5. The van der Waals surface area contributed by atoms with Gasteiger partial charge in [-0.05, 0) is 57.9 Å². The SMILES string of the molecule is C=CCOC(=O)NCc1ccccc1-c1ccc([C@H]2O[C@@H](CN3CC4(C)CC3CC(C)(C)C4)C[C@@H](c3ccc(CO)cc3)O2)cc1. The molecule has 1 aliphatic carbocycles. The molecule has 3 fully saturated rings. The lowest BCUT2D eigenvalue weighted by Gasteiger charge is -2.41. The molecule has 1 amide bonds. The molecule has 3 aromatic rings. The normalized spacial score (nSPS) is 27.2. The van der Waals surface area contributed by atoms with Gasteiger partial charge in [0.2, 0.25) is 0 Å². The van der Waals surface area contributed by atoms with Gasteiger partial charge in [0.1, 0.15) is 6.61 Å². The minimum absolute atomic E-state index is 0.0244. The van der Waals surface area contributed by atoms with Crippen molar-refractivity contribution in [3.8, 4) is 11.1 Å². The van der Waals surface area contributed by atoms with Gasteiger partial charge in [-0.15, -0.1) is 0 Å². The summed E-state index contributed by atoms with van der Waals surface area (Å²) in [4.78, 5) is 14.7. The number of likely N-dealkylation sites (tertiary alicyclic amines) is 1. The predicted octanol–water partition coefficient (Wildman–Crippen LogP) is 7.70. The zero-order valence-corrected chi connectivity index (χ0v) is 27.4. The Labute approximate surface area is 273 Å². The molecular formula is C39H48N2O5. The minimum Gasteiger partial charge on any atom is -0.445 e. The Balaban J connectivity index is 1.20. The molecule has 2 unspecified atom stereocenters. The lowest BCUT2D eigenvalue weighted by atomic mass is 9.65. The number of hydrogen-bond acceptors (Lipinski definition) is 6. The van der Waals surface area contributed by atoms with Gasteiger partial charge in [0.25, 0.3) is 0 Å². The predicted molar refractivity (Wildman–Crippen MR) is 180 cm³/mol. The zero-order chi connectivity index (χ0) is 32.3. The molecule has 244 valence electrons. The molecule has 2 N–H and O–H groups in total. The fourth-order valence-electron chi connectivity index (χ4n) is 8.21. The van der Waals surface area contributed by atoms with E-state index in [0.29, 0.717) is 23.4 Å². The molecule has 6 rings (SSSR count). The van der Waals surface area contributed by atoms with Crippen LogP contribution in [0.4, 0.5) is 4.79 Å². The van der Waals surface area contributed by atoms with E-state index < -0.39 is 12.4 Å². The number of aliphatic hydroxyl groups is 1. The van der Waals surface area contributed by atoms with Crippen LogP contribution in [-0.4, -0.2) is 47.9 Å². The van der Waals surface area contributed by atoms with E-state index in [1.807, 2.05) is 30.3 Å². The lowest BCUT2D eigenvalue weighted by molar-refractivity contribution is -0.253. The Hall–Kier alpha value is -3.49. The molecule has 7 heteroatoms. The van der Waals surface area contributed by atoms with E-state index in [2.05, 4.69) is 80.0 Å². The number of rotatable bonds is 10. The molecule has 0 spiro atoms. The highest BCUT2D eigenvalue weighted by atomic mass is 16.7. The second-order valence-electron chi connectivity index (χ2n) is 14.5. The molecule has 5 atom stereocenters. The van der Waals surface area contributed by atoms with Gasteiger partial charge >= 0.3 is 6.09 Å². The number of fused-ring (bicyclic) bond motifs is 2. The maximum atomic E-state index is 12.0. The van der Waals surface area contributed by atoms with Crippen molar-refractivity contribution < 1.29 is 24.1 Å². The number of carbonyl (C=O) groups is 1. The summed E-state index contributed by atoms with van der Waals surface area (Å²) in [6.07, 6.45) is 5.05. The number of alkyl carbamates (subject to hydrolysis) is 1.